The summed E-state index contributed by atoms with van der Waals surface area (Å²) in [5.41, 5.74) is 2.92. The number of thiazole rings is 1. The molecular weight excluding hydrogens is 310 g/mol. The van der Waals surface area contributed by atoms with Gasteiger partial charge >= 0.3 is 6.09 Å². The average Bonchev–Trinajstić information content (AvgIpc) is 3.05. The van der Waals surface area contributed by atoms with Crippen LogP contribution >= 0.6 is 11.3 Å². The number of anilines is 2. The summed E-state index contributed by atoms with van der Waals surface area (Å²) in [4.78, 5) is 18.4. The monoisotopic (exact) mass is 333 g/mol. The number of amides is 1. The Morgan fingerprint density at radius 3 is 2.70 bits per heavy atom. The van der Waals surface area contributed by atoms with Crippen LogP contribution in [0.25, 0.3) is 0 Å². The van der Waals surface area contributed by atoms with Gasteiger partial charge in [0, 0.05) is 36.0 Å². The van der Waals surface area contributed by atoms with Crippen molar-refractivity contribution in [2.45, 2.75) is 33.8 Å². The van der Waals surface area contributed by atoms with Gasteiger partial charge in [-0.1, -0.05) is 0 Å². The fourth-order valence-electron chi connectivity index (χ4n) is 2.36. The summed E-state index contributed by atoms with van der Waals surface area (Å²) in [6.45, 7) is 9.96. The van der Waals surface area contributed by atoms with Gasteiger partial charge in [0.25, 0.3) is 0 Å². The molecule has 1 unspecified atom stereocenters. The Hall–Kier alpha value is -2.08. The van der Waals surface area contributed by atoms with E-state index in [-0.39, 0.29) is 6.10 Å². The van der Waals surface area contributed by atoms with Gasteiger partial charge in [0.2, 0.25) is 0 Å². The molecule has 23 heavy (non-hydrogen) atoms. The van der Waals surface area contributed by atoms with E-state index in [1.54, 1.807) is 6.20 Å². The largest absolute Gasteiger partial charge is 0.439 e. The quantitative estimate of drug-likeness (QED) is 0.839. The third-order valence-electron chi connectivity index (χ3n) is 3.66. The van der Waals surface area contributed by atoms with Gasteiger partial charge < -0.3 is 9.64 Å². The van der Waals surface area contributed by atoms with Crippen molar-refractivity contribution in [1.82, 2.24) is 4.98 Å². The summed E-state index contributed by atoms with van der Waals surface area (Å²) >= 11 is 1.47. The standard InChI is InChI=1S/C17H23N3O2S/c1-5-20(6-2)14-7-8-15(12(3)11-14)19-17(21)22-13(4)16-18-9-10-23-16/h7-11,13H,5-6H2,1-4H3,(H,19,21). The minimum absolute atomic E-state index is 0.356. The second-order valence-electron chi connectivity index (χ2n) is 5.21. The number of carbonyl (C=O) groups excluding carboxylic acids is 1. The number of aromatic nitrogens is 1. The minimum Gasteiger partial charge on any atom is -0.439 e. The molecule has 0 saturated carbocycles. The van der Waals surface area contributed by atoms with Gasteiger partial charge in [0.1, 0.15) is 5.01 Å². The van der Waals surface area contributed by atoms with Gasteiger partial charge in [-0.3, -0.25) is 5.32 Å². The van der Waals surface area contributed by atoms with Gasteiger partial charge in [0.05, 0.1) is 0 Å². The zero-order valence-electron chi connectivity index (χ0n) is 14.0. The molecule has 6 heteroatoms. The van der Waals surface area contributed by atoms with Crippen LogP contribution < -0.4 is 10.2 Å². The van der Waals surface area contributed by atoms with Crippen molar-refractivity contribution in [3.63, 3.8) is 0 Å². The van der Waals surface area contributed by atoms with Gasteiger partial charge in [-0.05, 0) is 51.5 Å². The van der Waals surface area contributed by atoms with E-state index in [2.05, 4.69) is 35.1 Å². The van der Waals surface area contributed by atoms with Crippen LogP contribution in [0, 0.1) is 6.92 Å². The predicted molar refractivity (Wildman–Crippen MR) is 95.4 cm³/mol. The highest BCUT2D eigenvalue weighted by molar-refractivity contribution is 7.09. The number of nitrogens with one attached hydrogen (secondary N) is 1. The fourth-order valence-corrected chi connectivity index (χ4v) is 2.98. The summed E-state index contributed by atoms with van der Waals surface area (Å²) < 4.78 is 5.36. The van der Waals surface area contributed by atoms with E-state index < -0.39 is 6.09 Å². The Morgan fingerprint density at radius 2 is 2.13 bits per heavy atom. The number of benzene rings is 1. The summed E-state index contributed by atoms with van der Waals surface area (Å²) in [5.74, 6) is 0. The molecule has 1 heterocycles. The van der Waals surface area contributed by atoms with Crippen LogP contribution in [0.2, 0.25) is 0 Å². The highest BCUT2D eigenvalue weighted by atomic mass is 32.1. The average molecular weight is 333 g/mol. The van der Waals surface area contributed by atoms with Crippen molar-refractivity contribution < 1.29 is 9.53 Å². The number of ether oxygens (including phenoxy) is 1. The molecule has 0 radical (unpaired) electrons. The zero-order chi connectivity index (χ0) is 16.8. The lowest BCUT2D eigenvalue weighted by Crippen LogP contribution is -2.22. The van der Waals surface area contributed by atoms with Crippen LogP contribution in [-0.4, -0.2) is 24.2 Å². The summed E-state index contributed by atoms with van der Waals surface area (Å²) in [5, 5.41) is 5.45. The molecule has 1 aromatic carbocycles. The van der Waals surface area contributed by atoms with Crippen LogP contribution in [0.1, 0.15) is 37.4 Å². The predicted octanol–water partition coefficient (Wildman–Crippen LogP) is 4.61. The normalized spacial score (nSPS) is 11.8. The van der Waals surface area contributed by atoms with Gasteiger partial charge in [-0.15, -0.1) is 11.3 Å². The smallest absolute Gasteiger partial charge is 0.412 e. The maximum absolute atomic E-state index is 12.0. The van der Waals surface area contributed by atoms with E-state index in [0.29, 0.717) is 0 Å². The molecule has 0 spiro atoms. The van der Waals surface area contributed by atoms with E-state index in [0.717, 1.165) is 35.0 Å². The lowest BCUT2D eigenvalue weighted by molar-refractivity contribution is 0.121. The molecule has 1 aromatic heterocycles. The first kappa shape index (κ1) is 17.3. The van der Waals surface area contributed by atoms with Crippen molar-refractivity contribution in [3.05, 3.63) is 40.3 Å². The minimum atomic E-state index is -0.466. The second-order valence-corrected chi connectivity index (χ2v) is 6.14. The number of carbonyl (C=O) groups is 1. The molecule has 1 atom stereocenters. The Labute approximate surface area is 141 Å². The van der Waals surface area contributed by atoms with Crippen molar-refractivity contribution in [1.29, 1.82) is 0 Å². The Morgan fingerprint density at radius 1 is 1.39 bits per heavy atom. The second kappa shape index (κ2) is 7.97. The molecule has 0 fully saturated rings. The fraction of sp³-hybridized carbons (Fsp3) is 0.412. The number of nitrogens with zero attached hydrogens (tertiary/aromatic N) is 2. The van der Waals surface area contributed by atoms with Crippen molar-refractivity contribution >= 4 is 28.8 Å². The molecule has 0 aliphatic carbocycles. The van der Waals surface area contributed by atoms with Gasteiger partial charge in [-0.25, -0.2) is 9.78 Å². The highest BCUT2D eigenvalue weighted by Gasteiger charge is 2.15. The van der Waals surface area contributed by atoms with Gasteiger partial charge in [0.15, 0.2) is 6.10 Å². The Balaban J connectivity index is 2.01. The molecule has 0 bridgehead atoms. The maximum atomic E-state index is 12.0. The number of hydrogen-bond donors (Lipinski definition) is 1. The third kappa shape index (κ3) is 4.45. The molecule has 5 nitrogen and oxygen atoms in total. The van der Waals surface area contributed by atoms with Crippen molar-refractivity contribution in [2.24, 2.45) is 0 Å². The molecule has 0 aliphatic heterocycles. The number of rotatable bonds is 6. The summed E-state index contributed by atoms with van der Waals surface area (Å²) in [6.07, 6.45) is 0.880. The van der Waals surface area contributed by atoms with E-state index in [1.165, 1.54) is 11.3 Å². The first-order valence-electron chi connectivity index (χ1n) is 7.77. The lowest BCUT2D eigenvalue weighted by atomic mass is 10.1. The van der Waals surface area contributed by atoms with E-state index >= 15 is 0 Å². The highest BCUT2D eigenvalue weighted by Crippen LogP contribution is 2.24. The van der Waals surface area contributed by atoms with E-state index in [1.807, 2.05) is 31.4 Å². The van der Waals surface area contributed by atoms with E-state index in [4.69, 9.17) is 4.74 Å². The Bertz CT molecular complexity index is 639. The molecule has 0 saturated heterocycles. The van der Waals surface area contributed by atoms with Crippen LogP contribution in [0.15, 0.2) is 29.8 Å². The molecule has 1 N–H and O–H groups in total. The van der Waals surface area contributed by atoms with Crippen LogP contribution in [-0.2, 0) is 4.74 Å². The van der Waals surface area contributed by atoms with Crippen LogP contribution in [0.3, 0.4) is 0 Å². The molecule has 2 aromatic rings. The van der Waals surface area contributed by atoms with E-state index in [9.17, 15) is 4.79 Å². The number of aryl methyl sites for hydroxylation is 1. The summed E-state index contributed by atoms with van der Waals surface area (Å²) in [6, 6.07) is 6.00. The molecule has 124 valence electrons. The SMILES string of the molecule is CCN(CC)c1ccc(NC(=O)OC(C)c2nccs2)c(C)c1. The molecule has 0 aliphatic rings. The Kier molecular flexibility index (Phi) is 5.98. The first-order chi connectivity index (χ1) is 11.0. The molecule has 2 rings (SSSR count). The maximum Gasteiger partial charge on any atom is 0.412 e. The van der Waals surface area contributed by atoms with Crippen LogP contribution in [0.5, 0.6) is 0 Å². The van der Waals surface area contributed by atoms with Gasteiger partial charge in [-0.2, -0.15) is 0 Å². The number of hydrogen-bond acceptors (Lipinski definition) is 5. The summed E-state index contributed by atoms with van der Waals surface area (Å²) in [7, 11) is 0. The van der Waals surface area contributed by atoms with Crippen LogP contribution in [0.4, 0.5) is 16.2 Å². The van der Waals surface area contributed by atoms with Crippen molar-refractivity contribution in [3.8, 4) is 0 Å². The first-order valence-corrected chi connectivity index (χ1v) is 8.65. The van der Waals surface area contributed by atoms with Crippen molar-refractivity contribution in [2.75, 3.05) is 23.3 Å². The zero-order valence-corrected chi connectivity index (χ0v) is 14.8. The lowest BCUT2D eigenvalue weighted by Gasteiger charge is -2.22. The molecular formula is C17H23N3O2S. The third-order valence-corrected chi connectivity index (χ3v) is 4.59. The topological polar surface area (TPSA) is 54.5 Å². The molecule has 1 amide bonds.